The van der Waals surface area contributed by atoms with Gasteiger partial charge in [-0.25, -0.2) is 4.98 Å². The van der Waals surface area contributed by atoms with Crippen LogP contribution in [0.3, 0.4) is 0 Å². The first kappa shape index (κ1) is 29.4. The summed E-state index contributed by atoms with van der Waals surface area (Å²) in [5.41, 5.74) is 6.12. The molecule has 1 fully saturated rings. The molecule has 0 spiro atoms. The number of aromatic nitrogens is 1. The van der Waals surface area contributed by atoms with Gasteiger partial charge in [-0.1, -0.05) is 56.3 Å². The van der Waals surface area contributed by atoms with Crippen molar-refractivity contribution < 1.29 is 19.2 Å². The van der Waals surface area contributed by atoms with Crippen LogP contribution in [0.1, 0.15) is 66.3 Å². The summed E-state index contributed by atoms with van der Waals surface area (Å²) in [5, 5.41) is 5.72. The van der Waals surface area contributed by atoms with Gasteiger partial charge in [0.25, 0.3) is 5.91 Å². The standard InChI is InChI=1S/C32H37N5O4S/c1-19(2)28(37-17-23-8-5-6-9-24(23)31(37)40)32(41)36-15-7-10-26(36)30(39)35-25(16-27(38)33-4)21-11-13-22(14-12-21)29-20(3)34-18-42-29/h5-6,8-9,11-14,18-19,25-26,28H,7,10,15-17H2,1-4H3,(H,33,38)(H,35,39). The van der Waals surface area contributed by atoms with Crippen LogP contribution in [-0.4, -0.2) is 64.1 Å². The first-order valence-electron chi connectivity index (χ1n) is 14.4. The third kappa shape index (κ3) is 5.81. The zero-order valence-corrected chi connectivity index (χ0v) is 25.2. The fraction of sp³-hybridized carbons (Fsp3) is 0.406. The summed E-state index contributed by atoms with van der Waals surface area (Å²) in [4.78, 5) is 62.1. The number of amides is 4. The van der Waals surface area contributed by atoms with Crippen LogP contribution in [0.5, 0.6) is 0 Å². The summed E-state index contributed by atoms with van der Waals surface area (Å²) < 4.78 is 0. The maximum absolute atomic E-state index is 14.0. The first-order chi connectivity index (χ1) is 20.2. The van der Waals surface area contributed by atoms with E-state index >= 15 is 0 Å². The van der Waals surface area contributed by atoms with E-state index in [0.717, 1.165) is 27.3 Å². The van der Waals surface area contributed by atoms with Gasteiger partial charge in [0.2, 0.25) is 17.7 Å². The lowest BCUT2D eigenvalue weighted by Crippen LogP contribution is -2.55. The topological polar surface area (TPSA) is 112 Å². The van der Waals surface area contributed by atoms with Gasteiger partial charge in [0.15, 0.2) is 0 Å². The summed E-state index contributed by atoms with van der Waals surface area (Å²) in [6.45, 7) is 6.64. The van der Waals surface area contributed by atoms with E-state index in [0.29, 0.717) is 31.5 Å². The van der Waals surface area contributed by atoms with Crippen molar-refractivity contribution in [2.45, 2.75) is 64.7 Å². The van der Waals surface area contributed by atoms with Crippen molar-refractivity contribution in [1.82, 2.24) is 25.4 Å². The molecule has 3 atom stereocenters. The Bertz CT molecular complexity index is 1480. The smallest absolute Gasteiger partial charge is 0.255 e. The first-order valence-corrected chi connectivity index (χ1v) is 15.3. The van der Waals surface area contributed by atoms with Gasteiger partial charge >= 0.3 is 0 Å². The molecule has 3 unspecified atom stereocenters. The van der Waals surface area contributed by atoms with Gasteiger partial charge in [0.05, 0.1) is 28.5 Å². The van der Waals surface area contributed by atoms with E-state index in [1.165, 1.54) is 0 Å². The van der Waals surface area contributed by atoms with Crippen molar-refractivity contribution in [3.63, 3.8) is 0 Å². The molecule has 0 aliphatic carbocycles. The van der Waals surface area contributed by atoms with Crippen molar-refractivity contribution in [2.75, 3.05) is 13.6 Å². The zero-order valence-electron chi connectivity index (χ0n) is 24.4. The number of hydrogen-bond acceptors (Lipinski definition) is 6. The maximum atomic E-state index is 14.0. The predicted octanol–water partition coefficient (Wildman–Crippen LogP) is 4.08. The second-order valence-corrected chi connectivity index (χ2v) is 12.2. The zero-order chi connectivity index (χ0) is 30.0. The fourth-order valence-electron chi connectivity index (χ4n) is 6.01. The van der Waals surface area contributed by atoms with Crippen LogP contribution < -0.4 is 10.6 Å². The molecule has 0 bridgehead atoms. The Balaban J connectivity index is 1.34. The average molecular weight is 588 g/mol. The van der Waals surface area contributed by atoms with Gasteiger partial charge in [-0.2, -0.15) is 0 Å². The third-order valence-corrected chi connectivity index (χ3v) is 9.19. The number of fused-ring (bicyclic) bond motifs is 1. The van der Waals surface area contributed by atoms with Crippen molar-refractivity contribution in [3.05, 3.63) is 76.4 Å². The molecule has 42 heavy (non-hydrogen) atoms. The van der Waals surface area contributed by atoms with Crippen molar-refractivity contribution in [1.29, 1.82) is 0 Å². The number of carbonyl (C=O) groups excluding carboxylic acids is 4. The molecule has 0 saturated carbocycles. The van der Waals surface area contributed by atoms with E-state index in [-0.39, 0.29) is 36.0 Å². The predicted molar refractivity (Wildman–Crippen MR) is 162 cm³/mol. The molecule has 2 aliphatic rings. The van der Waals surface area contributed by atoms with Crippen LogP contribution in [0.25, 0.3) is 10.4 Å². The minimum Gasteiger partial charge on any atom is -0.359 e. The molecular weight excluding hydrogens is 550 g/mol. The van der Waals surface area contributed by atoms with E-state index in [9.17, 15) is 19.2 Å². The molecule has 1 saturated heterocycles. The lowest BCUT2D eigenvalue weighted by Gasteiger charge is -2.35. The summed E-state index contributed by atoms with van der Waals surface area (Å²) in [7, 11) is 1.57. The van der Waals surface area contributed by atoms with E-state index in [1.807, 2.05) is 68.7 Å². The quantitative estimate of drug-likeness (QED) is 0.392. The highest BCUT2D eigenvalue weighted by Gasteiger charge is 2.44. The van der Waals surface area contributed by atoms with Crippen LogP contribution in [-0.2, 0) is 20.9 Å². The number of carbonyl (C=O) groups is 4. The molecule has 2 aliphatic heterocycles. The third-order valence-electron chi connectivity index (χ3n) is 8.21. The molecule has 3 heterocycles. The summed E-state index contributed by atoms with van der Waals surface area (Å²) in [6.07, 6.45) is 1.27. The number of hydrogen-bond donors (Lipinski definition) is 2. The minimum absolute atomic E-state index is 0.0665. The van der Waals surface area contributed by atoms with Gasteiger partial charge in [0.1, 0.15) is 12.1 Å². The van der Waals surface area contributed by atoms with Crippen molar-refractivity contribution in [2.24, 2.45) is 5.92 Å². The van der Waals surface area contributed by atoms with Crippen molar-refractivity contribution in [3.8, 4) is 10.4 Å². The number of benzene rings is 2. The molecule has 3 aromatic rings. The largest absolute Gasteiger partial charge is 0.359 e. The van der Waals surface area contributed by atoms with E-state index in [1.54, 1.807) is 34.3 Å². The van der Waals surface area contributed by atoms with E-state index < -0.39 is 18.1 Å². The number of aryl methyl sites for hydroxylation is 1. The fourth-order valence-corrected chi connectivity index (χ4v) is 6.82. The Kier molecular flexibility index (Phi) is 8.72. The van der Waals surface area contributed by atoms with Crippen LogP contribution >= 0.6 is 11.3 Å². The second kappa shape index (κ2) is 12.4. The monoisotopic (exact) mass is 587 g/mol. The molecule has 4 amide bonds. The van der Waals surface area contributed by atoms with Crippen molar-refractivity contribution >= 4 is 35.0 Å². The Hall–Kier alpha value is -4.05. The summed E-state index contributed by atoms with van der Waals surface area (Å²) in [6, 6.07) is 13.3. The highest BCUT2D eigenvalue weighted by atomic mass is 32.1. The van der Waals surface area contributed by atoms with E-state index in [4.69, 9.17) is 0 Å². The number of nitrogens with zero attached hydrogens (tertiary/aromatic N) is 3. The lowest BCUT2D eigenvalue weighted by molar-refractivity contribution is -0.143. The molecular formula is C32H37N5O4S. The molecule has 220 valence electrons. The highest BCUT2D eigenvalue weighted by Crippen LogP contribution is 2.31. The Labute approximate surface area is 250 Å². The molecule has 5 rings (SSSR count). The van der Waals surface area contributed by atoms with Gasteiger partial charge < -0.3 is 20.4 Å². The van der Waals surface area contributed by atoms with Crippen LogP contribution in [0.4, 0.5) is 0 Å². The van der Waals surface area contributed by atoms with Gasteiger partial charge in [-0.15, -0.1) is 11.3 Å². The lowest BCUT2D eigenvalue weighted by atomic mass is 9.99. The maximum Gasteiger partial charge on any atom is 0.255 e. The highest BCUT2D eigenvalue weighted by molar-refractivity contribution is 7.13. The molecule has 0 radical (unpaired) electrons. The minimum atomic E-state index is -0.678. The van der Waals surface area contributed by atoms with Crippen LogP contribution in [0.2, 0.25) is 0 Å². The molecule has 2 N–H and O–H groups in total. The normalized spacial score (nSPS) is 17.7. The number of nitrogens with one attached hydrogen (secondary N) is 2. The number of thiazole rings is 1. The Morgan fingerprint density at radius 3 is 2.48 bits per heavy atom. The number of rotatable bonds is 9. The average Bonchev–Trinajstić information content (AvgIpc) is 3.72. The van der Waals surface area contributed by atoms with Gasteiger partial charge in [-0.3, -0.25) is 19.2 Å². The van der Waals surface area contributed by atoms with Gasteiger partial charge in [0, 0.05) is 25.7 Å². The Morgan fingerprint density at radius 1 is 1.10 bits per heavy atom. The van der Waals surface area contributed by atoms with Gasteiger partial charge in [-0.05, 0) is 48.4 Å². The SMILES string of the molecule is CNC(=O)CC(NC(=O)C1CCCN1C(=O)C(C(C)C)N1Cc2ccccc2C1=O)c1ccc(-c2scnc2C)cc1. The molecule has 9 nitrogen and oxygen atoms in total. The van der Waals surface area contributed by atoms with Crippen LogP contribution in [0.15, 0.2) is 54.0 Å². The summed E-state index contributed by atoms with van der Waals surface area (Å²) >= 11 is 1.56. The molecule has 1 aromatic heterocycles. The second-order valence-electron chi connectivity index (χ2n) is 11.3. The molecule has 2 aromatic carbocycles. The summed E-state index contributed by atoms with van der Waals surface area (Å²) in [5.74, 6) is -0.997. The van der Waals surface area contributed by atoms with Crippen LogP contribution in [0, 0.1) is 12.8 Å². The van der Waals surface area contributed by atoms with E-state index in [2.05, 4.69) is 15.6 Å². The Morgan fingerprint density at radius 2 is 1.83 bits per heavy atom. The molecule has 10 heteroatoms. The number of likely N-dealkylation sites (tertiary alicyclic amines) is 1.